The van der Waals surface area contributed by atoms with Crippen molar-refractivity contribution in [2.24, 2.45) is 0 Å². The highest BCUT2D eigenvalue weighted by molar-refractivity contribution is 6.01. The van der Waals surface area contributed by atoms with E-state index in [9.17, 15) is 0 Å². The molecule has 0 amide bonds. The molecule has 2 aliphatic rings. The van der Waals surface area contributed by atoms with Gasteiger partial charge in [-0.1, -0.05) is 196 Å². The van der Waals surface area contributed by atoms with E-state index in [1.54, 1.807) is 0 Å². The molecule has 0 N–H and O–H groups in total. The first-order valence-electron chi connectivity index (χ1n) is 23.3. The first-order chi connectivity index (χ1) is 32.2. The lowest BCUT2D eigenvalue weighted by molar-refractivity contribution is 0.660. The van der Waals surface area contributed by atoms with Crippen LogP contribution < -0.4 is 4.90 Å². The Balaban J connectivity index is 1.18. The summed E-state index contributed by atoms with van der Waals surface area (Å²) in [5, 5.41) is 2.50. The Morgan fingerprint density at radius 3 is 1.53 bits per heavy atom. The lowest BCUT2D eigenvalue weighted by Gasteiger charge is -2.36. The fraction of sp³-hybridized carbons (Fsp3) is 0.108. The number of rotatable bonds is 7. The van der Waals surface area contributed by atoms with E-state index in [4.69, 9.17) is 0 Å². The monoisotopic (exact) mass is 845 g/mol. The van der Waals surface area contributed by atoms with Gasteiger partial charge in [-0.2, -0.15) is 0 Å². The Kier molecular flexibility index (Phi) is 9.16. The van der Waals surface area contributed by atoms with Crippen LogP contribution in [0.3, 0.4) is 0 Å². The highest BCUT2D eigenvalue weighted by Gasteiger charge is 2.46. The Hall–Kier alpha value is -7.74. The molecule has 0 unspecified atom stereocenters. The summed E-state index contributed by atoms with van der Waals surface area (Å²) in [6.45, 7) is 11.6. The van der Waals surface area contributed by atoms with Crippen molar-refractivity contribution in [3.63, 3.8) is 0 Å². The van der Waals surface area contributed by atoms with Gasteiger partial charge in [0.25, 0.3) is 0 Å². The van der Waals surface area contributed by atoms with Crippen LogP contribution in [0.4, 0.5) is 17.1 Å². The van der Waals surface area contributed by atoms with Gasteiger partial charge in [-0.3, -0.25) is 0 Å². The minimum absolute atomic E-state index is 0.175. The van der Waals surface area contributed by atoms with E-state index in [2.05, 4.69) is 258 Å². The molecule has 0 radical (unpaired) electrons. The van der Waals surface area contributed by atoms with Gasteiger partial charge in [0.15, 0.2) is 0 Å². The van der Waals surface area contributed by atoms with Crippen LogP contribution in [-0.2, 0) is 10.8 Å². The van der Waals surface area contributed by atoms with E-state index in [-0.39, 0.29) is 5.41 Å². The summed E-state index contributed by atoms with van der Waals surface area (Å²) in [4.78, 5) is 2.59. The maximum absolute atomic E-state index is 2.59. The van der Waals surface area contributed by atoms with Crippen molar-refractivity contribution in [2.45, 2.75) is 45.4 Å². The van der Waals surface area contributed by atoms with E-state index in [0.29, 0.717) is 0 Å². The quantitative estimate of drug-likeness (QED) is 0.154. The van der Waals surface area contributed by atoms with E-state index in [1.807, 2.05) is 0 Å². The molecular formula is C65H51N. The number of anilines is 3. The third-order valence-electron chi connectivity index (χ3n) is 14.9. The van der Waals surface area contributed by atoms with Gasteiger partial charge in [0.05, 0.1) is 11.1 Å². The molecule has 10 aromatic rings. The minimum atomic E-state index is -0.541. The van der Waals surface area contributed by atoms with Gasteiger partial charge in [-0.15, -0.1) is 0 Å². The van der Waals surface area contributed by atoms with Gasteiger partial charge in [-0.05, 0) is 157 Å². The van der Waals surface area contributed by atoms with Crippen molar-refractivity contribution < 1.29 is 0 Å². The van der Waals surface area contributed by atoms with Crippen LogP contribution >= 0.6 is 0 Å². The molecule has 0 aromatic heterocycles. The molecule has 0 fully saturated rings. The molecule has 0 heterocycles. The molecule has 316 valence electrons. The Morgan fingerprint density at radius 2 is 0.848 bits per heavy atom. The Morgan fingerprint density at radius 1 is 0.348 bits per heavy atom. The van der Waals surface area contributed by atoms with E-state index >= 15 is 0 Å². The number of aryl methyl sites for hydroxylation is 3. The molecule has 1 nitrogen and oxygen atoms in total. The molecule has 0 bridgehead atoms. The molecule has 0 saturated heterocycles. The SMILES string of the molecule is Cc1cccc(C)c1-c1cc(-c2cccc3ccccc23)cc(C)c1N(c1ccc2c(c1)C(C)(C)c1ccccc1-2)c1ccc2c(c1)C(c1ccccc1)(c1ccccc1)c1ccccc1-2. The zero-order chi connectivity index (χ0) is 44.7. The summed E-state index contributed by atoms with van der Waals surface area (Å²) in [5.74, 6) is 0. The second kappa shape index (κ2) is 15.2. The molecule has 0 aliphatic heterocycles. The third kappa shape index (κ3) is 5.86. The minimum Gasteiger partial charge on any atom is -0.310 e. The first kappa shape index (κ1) is 39.8. The zero-order valence-electron chi connectivity index (χ0n) is 38.2. The maximum atomic E-state index is 2.59. The van der Waals surface area contributed by atoms with Gasteiger partial charge in [0.1, 0.15) is 0 Å². The number of nitrogens with zero attached hydrogens (tertiary/aromatic N) is 1. The molecule has 1 heteroatoms. The zero-order valence-corrected chi connectivity index (χ0v) is 38.2. The average molecular weight is 846 g/mol. The summed E-state index contributed by atoms with van der Waals surface area (Å²) in [7, 11) is 0. The summed E-state index contributed by atoms with van der Waals surface area (Å²) in [6, 6.07) is 82.0. The molecule has 0 spiro atoms. The van der Waals surface area contributed by atoms with Crippen LogP contribution in [0.5, 0.6) is 0 Å². The van der Waals surface area contributed by atoms with Crippen molar-refractivity contribution in [1.82, 2.24) is 0 Å². The van der Waals surface area contributed by atoms with Gasteiger partial charge in [0, 0.05) is 22.4 Å². The summed E-state index contributed by atoms with van der Waals surface area (Å²) >= 11 is 0. The fourth-order valence-electron chi connectivity index (χ4n) is 11.9. The highest BCUT2D eigenvalue weighted by Crippen LogP contribution is 2.58. The van der Waals surface area contributed by atoms with Crippen LogP contribution in [0, 0.1) is 20.8 Å². The van der Waals surface area contributed by atoms with Crippen molar-refractivity contribution in [3.8, 4) is 44.5 Å². The predicted octanol–water partition coefficient (Wildman–Crippen LogP) is 17.2. The smallest absolute Gasteiger partial charge is 0.0714 e. The summed E-state index contributed by atoms with van der Waals surface area (Å²) < 4.78 is 0. The van der Waals surface area contributed by atoms with Crippen molar-refractivity contribution in [1.29, 1.82) is 0 Å². The Bertz CT molecular complexity index is 3470. The molecule has 66 heavy (non-hydrogen) atoms. The second-order valence-electron chi connectivity index (χ2n) is 19.0. The fourth-order valence-corrected chi connectivity index (χ4v) is 11.9. The van der Waals surface area contributed by atoms with E-state index in [0.717, 1.165) is 11.4 Å². The normalized spacial score (nSPS) is 13.8. The average Bonchev–Trinajstić information content (AvgIpc) is 3.77. The lowest BCUT2D eigenvalue weighted by atomic mass is 9.67. The van der Waals surface area contributed by atoms with Gasteiger partial charge in [0.2, 0.25) is 0 Å². The molecule has 0 atom stereocenters. The molecule has 0 saturated carbocycles. The van der Waals surface area contributed by atoms with E-state index in [1.165, 1.54) is 111 Å². The second-order valence-corrected chi connectivity index (χ2v) is 19.0. The number of hydrogen-bond donors (Lipinski definition) is 0. The highest BCUT2D eigenvalue weighted by atomic mass is 15.1. The number of hydrogen-bond acceptors (Lipinski definition) is 1. The first-order valence-corrected chi connectivity index (χ1v) is 23.3. The van der Waals surface area contributed by atoms with Gasteiger partial charge >= 0.3 is 0 Å². The number of benzene rings is 10. The molecule has 10 aromatic carbocycles. The van der Waals surface area contributed by atoms with Crippen LogP contribution in [-0.4, -0.2) is 0 Å². The third-order valence-corrected chi connectivity index (χ3v) is 14.9. The predicted molar refractivity (Wildman–Crippen MR) is 279 cm³/mol. The van der Waals surface area contributed by atoms with Crippen LogP contribution in [0.1, 0.15) is 63.9 Å². The number of fused-ring (bicyclic) bond motifs is 7. The molecule has 2 aliphatic carbocycles. The van der Waals surface area contributed by atoms with E-state index < -0.39 is 5.41 Å². The maximum Gasteiger partial charge on any atom is 0.0714 e. The molecular weight excluding hydrogens is 795 g/mol. The van der Waals surface area contributed by atoms with Crippen LogP contribution in [0.25, 0.3) is 55.3 Å². The molecule has 12 rings (SSSR count). The van der Waals surface area contributed by atoms with Crippen molar-refractivity contribution >= 4 is 27.8 Å². The lowest BCUT2D eigenvalue weighted by Crippen LogP contribution is -2.28. The topological polar surface area (TPSA) is 3.24 Å². The summed E-state index contributed by atoms with van der Waals surface area (Å²) in [5.41, 5.74) is 24.4. The van der Waals surface area contributed by atoms with Gasteiger partial charge < -0.3 is 4.90 Å². The summed E-state index contributed by atoms with van der Waals surface area (Å²) in [6.07, 6.45) is 0. The Labute approximate surface area is 389 Å². The van der Waals surface area contributed by atoms with Gasteiger partial charge in [-0.25, -0.2) is 0 Å². The largest absolute Gasteiger partial charge is 0.310 e. The van der Waals surface area contributed by atoms with Crippen molar-refractivity contribution in [3.05, 3.63) is 268 Å². The van der Waals surface area contributed by atoms with Crippen LogP contribution in [0.15, 0.2) is 218 Å². The standard InChI is InChI=1S/C65H51N/c1-42-20-18-21-43(2)62(42)57-39-46(52-31-19-23-45-22-12-13-28-51(45)52)38-44(3)63(57)66(49-34-36-55-53-29-14-16-32-58(53)64(4,5)60(55)40-49)50-35-37-56-54-30-15-17-33-59(54)65(61(56)41-50,47-24-8-6-9-25-47)48-26-10-7-11-27-48/h6-41H,1-5H3. The van der Waals surface area contributed by atoms with Crippen molar-refractivity contribution in [2.75, 3.05) is 4.90 Å². The van der Waals surface area contributed by atoms with Crippen LogP contribution in [0.2, 0.25) is 0 Å².